The summed E-state index contributed by atoms with van der Waals surface area (Å²) in [6, 6.07) is 0. The van der Waals surface area contributed by atoms with Crippen molar-refractivity contribution < 1.29 is 14.6 Å². The van der Waals surface area contributed by atoms with Crippen LogP contribution in [0.25, 0.3) is 0 Å². The quantitative estimate of drug-likeness (QED) is 0.867. The molecule has 1 aromatic rings. The van der Waals surface area contributed by atoms with Crippen molar-refractivity contribution >= 4 is 5.91 Å². The highest BCUT2D eigenvalue weighted by Gasteiger charge is 2.32. The van der Waals surface area contributed by atoms with Crippen molar-refractivity contribution in [2.24, 2.45) is 5.92 Å². The number of aliphatic hydroxyl groups excluding tert-OH is 1. The topological polar surface area (TPSA) is 76.4 Å². The lowest BCUT2D eigenvalue weighted by atomic mass is 9.80. The van der Waals surface area contributed by atoms with Crippen LogP contribution in [0.4, 0.5) is 0 Å². The number of fused-ring (bicyclic) bond motifs is 1. The Kier molecular flexibility index (Phi) is 4.73. The summed E-state index contributed by atoms with van der Waals surface area (Å²) in [5, 5.41) is 16.9. The van der Waals surface area contributed by atoms with E-state index in [0.29, 0.717) is 24.7 Å². The van der Waals surface area contributed by atoms with Crippen LogP contribution in [-0.4, -0.2) is 39.5 Å². The first-order valence-corrected chi connectivity index (χ1v) is 8.70. The summed E-state index contributed by atoms with van der Waals surface area (Å²) >= 11 is 0. The van der Waals surface area contributed by atoms with E-state index in [4.69, 9.17) is 4.74 Å². The molecular formula is C17H27N3O3. The van der Waals surface area contributed by atoms with E-state index in [-0.39, 0.29) is 24.2 Å². The minimum atomic E-state index is -0.132. The Balaban J connectivity index is 1.69. The average molecular weight is 321 g/mol. The van der Waals surface area contributed by atoms with E-state index in [1.54, 1.807) is 4.68 Å². The predicted octanol–water partition coefficient (Wildman–Crippen LogP) is 1.82. The summed E-state index contributed by atoms with van der Waals surface area (Å²) in [7, 11) is 0. The first-order chi connectivity index (χ1) is 11.0. The maximum atomic E-state index is 12.7. The lowest BCUT2D eigenvalue weighted by Crippen LogP contribution is -2.34. The Bertz CT molecular complexity index is 578. The molecule has 6 heteroatoms. The Hall–Kier alpha value is -1.40. The van der Waals surface area contributed by atoms with Gasteiger partial charge >= 0.3 is 0 Å². The number of aliphatic hydroxyl groups is 1. The molecule has 128 valence electrons. The Morgan fingerprint density at radius 3 is 2.83 bits per heavy atom. The molecule has 0 unspecified atom stereocenters. The van der Waals surface area contributed by atoms with E-state index < -0.39 is 0 Å². The fourth-order valence-corrected chi connectivity index (χ4v) is 3.69. The number of rotatable bonds is 5. The van der Waals surface area contributed by atoms with Crippen molar-refractivity contribution in [2.75, 3.05) is 6.54 Å². The Morgan fingerprint density at radius 2 is 2.17 bits per heavy atom. The van der Waals surface area contributed by atoms with Crippen LogP contribution < -0.4 is 5.32 Å². The van der Waals surface area contributed by atoms with Gasteiger partial charge < -0.3 is 15.2 Å². The standard InChI is InChI=1S/C17H27N3O3/c1-4-20-16(14-7-10(2)23-11(3)15(14)19-20)17(22)18-6-5-12-8-13(21)9-12/h10-13,21H,4-9H2,1-3H3,(H,18,22)/t10-,11+,12?,13?/m0/s1. The summed E-state index contributed by atoms with van der Waals surface area (Å²) in [5.74, 6) is 0.505. The van der Waals surface area contributed by atoms with E-state index in [1.165, 1.54) is 0 Å². The smallest absolute Gasteiger partial charge is 0.269 e. The molecule has 2 aliphatic rings. The molecular weight excluding hydrogens is 294 g/mol. The molecule has 0 spiro atoms. The number of nitrogens with one attached hydrogen (secondary N) is 1. The zero-order valence-electron chi connectivity index (χ0n) is 14.2. The summed E-state index contributed by atoms with van der Waals surface area (Å²) in [4.78, 5) is 12.7. The van der Waals surface area contributed by atoms with Gasteiger partial charge in [-0.25, -0.2) is 0 Å². The van der Waals surface area contributed by atoms with Crippen LogP contribution in [0, 0.1) is 5.92 Å². The van der Waals surface area contributed by atoms with Crippen LogP contribution in [0.1, 0.15) is 67.9 Å². The third kappa shape index (κ3) is 3.28. The minimum absolute atomic E-state index is 0.0400. The molecule has 3 rings (SSSR count). The van der Waals surface area contributed by atoms with Gasteiger partial charge in [0.1, 0.15) is 5.69 Å². The summed E-state index contributed by atoms with van der Waals surface area (Å²) in [6.45, 7) is 7.35. The lowest BCUT2D eigenvalue weighted by Gasteiger charge is -2.31. The number of amides is 1. The van der Waals surface area contributed by atoms with Gasteiger partial charge in [0, 0.05) is 25.1 Å². The third-order valence-corrected chi connectivity index (χ3v) is 4.96. The van der Waals surface area contributed by atoms with Gasteiger partial charge in [-0.2, -0.15) is 5.10 Å². The van der Waals surface area contributed by atoms with Crippen molar-refractivity contribution in [3.05, 3.63) is 17.0 Å². The van der Waals surface area contributed by atoms with E-state index >= 15 is 0 Å². The van der Waals surface area contributed by atoms with Crippen LogP contribution in [0.3, 0.4) is 0 Å². The van der Waals surface area contributed by atoms with E-state index in [0.717, 1.165) is 36.9 Å². The van der Waals surface area contributed by atoms with Crippen molar-refractivity contribution in [3.63, 3.8) is 0 Å². The van der Waals surface area contributed by atoms with Gasteiger partial charge in [0.25, 0.3) is 5.91 Å². The van der Waals surface area contributed by atoms with Gasteiger partial charge in [-0.3, -0.25) is 9.48 Å². The van der Waals surface area contributed by atoms with Crippen LogP contribution in [0.2, 0.25) is 0 Å². The van der Waals surface area contributed by atoms with Crippen LogP contribution in [0.15, 0.2) is 0 Å². The molecule has 2 atom stereocenters. The maximum Gasteiger partial charge on any atom is 0.269 e. The van der Waals surface area contributed by atoms with Gasteiger partial charge in [0.2, 0.25) is 0 Å². The number of nitrogens with zero attached hydrogens (tertiary/aromatic N) is 2. The summed E-state index contributed by atoms with van der Waals surface area (Å²) < 4.78 is 7.62. The molecule has 1 fully saturated rings. The first-order valence-electron chi connectivity index (χ1n) is 8.70. The van der Waals surface area contributed by atoms with Gasteiger partial charge in [-0.15, -0.1) is 0 Å². The van der Waals surface area contributed by atoms with Crippen LogP contribution >= 0.6 is 0 Å². The van der Waals surface area contributed by atoms with Gasteiger partial charge in [-0.05, 0) is 46.0 Å². The maximum absolute atomic E-state index is 12.7. The third-order valence-electron chi connectivity index (χ3n) is 4.96. The molecule has 23 heavy (non-hydrogen) atoms. The van der Waals surface area contributed by atoms with E-state index in [2.05, 4.69) is 10.4 Å². The number of aromatic nitrogens is 2. The molecule has 2 heterocycles. The largest absolute Gasteiger partial charge is 0.393 e. The number of carbonyl (C=O) groups excluding carboxylic acids is 1. The monoisotopic (exact) mass is 321 g/mol. The SMILES string of the molecule is CCn1nc2c(c1C(=O)NCCC1CC(O)C1)C[C@H](C)O[C@@H]2C. The molecule has 6 nitrogen and oxygen atoms in total. The fraction of sp³-hybridized carbons (Fsp3) is 0.765. The van der Waals surface area contributed by atoms with Gasteiger partial charge in [0.05, 0.1) is 24.0 Å². The van der Waals surface area contributed by atoms with Crippen molar-refractivity contribution in [2.45, 2.75) is 71.3 Å². The molecule has 2 N–H and O–H groups in total. The van der Waals surface area contributed by atoms with E-state index in [9.17, 15) is 9.90 Å². The highest BCUT2D eigenvalue weighted by atomic mass is 16.5. The molecule has 0 aromatic carbocycles. The molecule has 0 saturated heterocycles. The highest BCUT2D eigenvalue weighted by Crippen LogP contribution is 2.32. The van der Waals surface area contributed by atoms with Crippen molar-refractivity contribution in [3.8, 4) is 0 Å². The van der Waals surface area contributed by atoms with Gasteiger partial charge in [0.15, 0.2) is 0 Å². The Morgan fingerprint density at radius 1 is 1.43 bits per heavy atom. The molecule has 1 aliphatic carbocycles. The van der Waals surface area contributed by atoms with Crippen molar-refractivity contribution in [1.82, 2.24) is 15.1 Å². The van der Waals surface area contributed by atoms with Crippen LogP contribution in [0.5, 0.6) is 0 Å². The van der Waals surface area contributed by atoms with Crippen molar-refractivity contribution in [1.29, 1.82) is 0 Å². The van der Waals surface area contributed by atoms with Gasteiger partial charge in [-0.1, -0.05) is 0 Å². The lowest BCUT2D eigenvalue weighted by molar-refractivity contribution is -0.00712. The molecule has 0 radical (unpaired) electrons. The second-order valence-corrected chi connectivity index (χ2v) is 6.86. The zero-order chi connectivity index (χ0) is 16.6. The number of hydrogen-bond acceptors (Lipinski definition) is 4. The second kappa shape index (κ2) is 6.61. The Labute approximate surface area is 137 Å². The molecule has 1 aliphatic heterocycles. The number of ether oxygens (including phenoxy) is 1. The minimum Gasteiger partial charge on any atom is -0.393 e. The molecule has 0 bridgehead atoms. The summed E-state index contributed by atoms with van der Waals surface area (Å²) in [5.41, 5.74) is 2.63. The summed E-state index contributed by atoms with van der Waals surface area (Å²) in [6.07, 6.45) is 3.31. The first kappa shape index (κ1) is 16.5. The van der Waals surface area contributed by atoms with Crippen LogP contribution in [-0.2, 0) is 17.7 Å². The van der Waals surface area contributed by atoms with E-state index in [1.807, 2.05) is 20.8 Å². The average Bonchev–Trinajstić information content (AvgIpc) is 2.84. The number of aryl methyl sites for hydroxylation is 1. The molecule has 1 saturated carbocycles. The number of hydrogen-bond donors (Lipinski definition) is 2. The predicted molar refractivity (Wildman–Crippen MR) is 86.2 cm³/mol. The normalized spacial score (nSPS) is 29.7. The second-order valence-electron chi connectivity index (χ2n) is 6.86. The fourth-order valence-electron chi connectivity index (χ4n) is 3.69. The zero-order valence-corrected chi connectivity index (χ0v) is 14.2. The molecule has 1 aromatic heterocycles. The highest BCUT2D eigenvalue weighted by molar-refractivity contribution is 5.94. The molecule has 1 amide bonds. The number of carbonyl (C=O) groups is 1.